The molecule has 4 rings (SSSR count). The van der Waals surface area contributed by atoms with Crippen LogP contribution in [0.4, 0.5) is 30.6 Å². The standard InChI is InChI=1S/C21H23F3N5O/c1-2-11-29-18-16(26-17(27-18)14-5-3-4-6-14)19(30)28-20(29)25-12-13-7-9-15(10-8-13)21(22,23)24/h7-10,14H,2-6,11-12H2,1H3,(H,25,28,30). The number of hydrogen-bond acceptors (Lipinski definition) is 4. The summed E-state index contributed by atoms with van der Waals surface area (Å²) in [6.45, 7) is 2.85. The second-order valence-electron chi connectivity index (χ2n) is 7.68. The number of nitrogens with zero attached hydrogens (tertiary/aromatic N) is 4. The second-order valence-corrected chi connectivity index (χ2v) is 7.68. The van der Waals surface area contributed by atoms with E-state index in [4.69, 9.17) is 0 Å². The number of aliphatic imine (C=N–C) groups is 1. The number of rotatable bonds is 6. The number of nitrogens with one attached hydrogen (secondary N) is 1. The Bertz CT molecular complexity index is 1010. The predicted octanol–water partition coefficient (Wildman–Crippen LogP) is 4.75. The molecule has 30 heavy (non-hydrogen) atoms. The van der Waals surface area contributed by atoms with Crippen molar-refractivity contribution in [1.82, 2.24) is 14.9 Å². The van der Waals surface area contributed by atoms with Gasteiger partial charge in [-0.1, -0.05) is 31.9 Å². The molecule has 1 radical (unpaired) electrons. The lowest BCUT2D eigenvalue weighted by Crippen LogP contribution is -2.23. The molecule has 1 aliphatic heterocycles. The number of halogens is 3. The van der Waals surface area contributed by atoms with E-state index in [0.29, 0.717) is 29.7 Å². The molecule has 2 aliphatic rings. The highest BCUT2D eigenvalue weighted by Crippen LogP contribution is 2.35. The summed E-state index contributed by atoms with van der Waals surface area (Å²) in [6.07, 6.45) is 0.795. The number of benzene rings is 1. The van der Waals surface area contributed by atoms with Gasteiger partial charge in [-0.3, -0.25) is 9.36 Å². The van der Waals surface area contributed by atoms with Gasteiger partial charge in [-0.25, -0.2) is 10.3 Å². The lowest BCUT2D eigenvalue weighted by atomic mass is 10.1. The van der Waals surface area contributed by atoms with Crippen molar-refractivity contribution in [1.29, 1.82) is 0 Å². The van der Waals surface area contributed by atoms with Crippen LogP contribution in [0, 0.1) is 5.92 Å². The maximum Gasteiger partial charge on any atom is 0.416 e. The van der Waals surface area contributed by atoms with Crippen molar-refractivity contribution >= 4 is 23.3 Å². The van der Waals surface area contributed by atoms with Crippen LogP contribution < -0.4 is 16.2 Å². The molecule has 0 atom stereocenters. The largest absolute Gasteiger partial charge is 0.416 e. The summed E-state index contributed by atoms with van der Waals surface area (Å²) in [4.78, 5) is 21.4. The zero-order chi connectivity index (χ0) is 21.3. The van der Waals surface area contributed by atoms with E-state index >= 15 is 0 Å². The van der Waals surface area contributed by atoms with Crippen molar-refractivity contribution in [3.63, 3.8) is 0 Å². The van der Waals surface area contributed by atoms with Gasteiger partial charge in [-0.2, -0.15) is 18.2 Å². The number of alkyl halides is 3. The number of aromatic nitrogens is 2. The summed E-state index contributed by atoms with van der Waals surface area (Å²) in [5.41, 5.74) is -0.199. The van der Waals surface area contributed by atoms with Crippen molar-refractivity contribution in [3.8, 4) is 0 Å². The monoisotopic (exact) mass is 418 g/mol. The minimum absolute atomic E-state index is 0.240. The highest BCUT2D eigenvalue weighted by molar-refractivity contribution is 5.96. The van der Waals surface area contributed by atoms with E-state index in [1.165, 1.54) is 12.1 Å². The molecule has 0 amide bonds. The molecule has 0 unspecified atom stereocenters. The van der Waals surface area contributed by atoms with E-state index in [-0.39, 0.29) is 18.2 Å². The van der Waals surface area contributed by atoms with Crippen molar-refractivity contribution < 1.29 is 13.2 Å². The minimum Gasteiger partial charge on any atom is -0.351 e. The normalized spacial score (nSPS) is 16.3. The number of amidine groups is 1. The van der Waals surface area contributed by atoms with Gasteiger partial charge in [0.05, 0.1) is 5.56 Å². The Morgan fingerprint density at radius 3 is 2.50 bits per heavy atom. The van der Waals surface area contributed by atoms with Crippen LogP contribution in [-0.4, -0.2) is 15.4 Å². The smallest absolute Gasteiger partial charge is 0.351 e. The molecule has 0 saturated heterocycles. The fourth-order valence-electron chi connectivity index (χ4n) is 3.92. The lowest BCUT2D eigenvalue weighted by molar-refractivity contribution is -0.137. The maximum absolute atomic E-state index is 12.7. The van der Waals surface area contributed by atoms with Crippen molar-refractivity contribution in [3.05, 3.63) is 45.7 Å². The van der Waals surface area contributed by atoms with Crippen molar-refractivity contribution in [2.45, 2.75) is 58.3 Å². The van der Waals surface area contributed by atoms with Crippen LogP contribution in [0.15, 0.2) is 34.1 Å². The van der Waals surface area contributed by atoms with E-state index in [1.807, 2.05) is 11.5 Å². The molecule has 2 aromatic rings. The second kappa shape index (κ2) is 8.12. The first-order chi connectivity index (χ1) is 14.4. The lowest BCUT2D eigenvalue weighted by Gasteiger charge is -2.16. The van der Waals surface area contributed by atoms with E-state index in [9.17, 15) is 18.0 Å². The van der Waals surface area contributed by atoms with Gasteiger partial charge in [0.15, 0.2) is 11.5 Å². The van der Waals surface area contributed by atoms with Gasteiger partial charge in [0.2, 0.25) is 5.95 Å². The topological polar surface area (TPSA) is 73.4 Å². The van der Waals surface area contributed by atoms with Crippen LogP contribution >= 0.6 is 0 Å². The van der Waals surface area contributed by atoms with Crippen LogP contribution in [0.3, 0.4) is 0 Å². The predicted molar refractivity (Wildman–Crippen MR) is 108 cm³/mol. The average molecular weight is 418 g/mol. The van der Waals surface area contributed by atoms with Gasteiger partial charge in [0, 0.05) is 19.0 Å². The van der Waals surface area contributed by atoms with E-state index in [1.54, 1.807) is 0 Å². The maximum atomic E-state index is 12.7. The molecule has 1 fully saturated rings. The van der Waals surface area contributed by atoms with Crippen molar-refractivity contribution in [2.24, 2.45) is 10.9 Å². The third kappa shape index (κ3) is 4.06. The molecular weight excluding hydrogens is 395 g/mol. The highest BCUT2D eigenvalue weighted by Gasteiger charge is 2.31. The Hall–Kier alpha value is -2.84. The molecule has 1 aliphatic carbocycles. The van der Waals surface area contributed by atoms with E-state index in [2.05, 4.69) is 20.6 Å². The van der Waals surface area contributed by atoms with Crippen LogP contribution in [-0.2, 0) is 19.3 Å². The first-order valence-corrected chi connectivity index (χ1v) is 10.2. The Kier molecular flexibility index (Phi) is 5.53. The first-order valence-electron chi connectivity index (χ1n) is 10.2. The fourth-order valence-corrected chi connectivity index (χ4v) is 3.92. The van der Waals surface area contributed by atoms with E-state index in [0.717, 1.165) is 44.2 Å². The summed E-state index contributed by atoms with van der Waals surface area (Å²) in [5, 5.41) is 7.58. The Morgan fingerprint density at radius 1 is 1.17 bits per heavy atom. The Morgan fingerprint density at radius 2 is 1.87 bits per heavy atom. The molecule has 1 saturated carbocycles. The van der Waals surface area contributed by atoms with Gasteiger partial charge < -0.3 is 5.32 Å². The summed E-state index contributed by atoms with van der Waals surface area (Å²) in [5.74, 6) is 1.88. The van der Waals surface area contributed by atoms with Gasteiger partial charge in [0.25, 0.3) is 0 Å². The van der Waals surface area contributed by atoms with Gasteiger partial charge >= 0.3 is 11.7 Å². The summed E-state index contributed by atoms with van der Waals surface area (Å²) >= 11 is 0. The number of anilines is 1. The zero-order valence-electron chi connectivity index (χ0n) is 16.7. The SMILES string of the molecule is CCCn1c(NCc2ccc(C(F)(F)F)cc2)nc(=O)c2c1N=C(C1CCCC1)[N]2. The van der Waals surface area contributed by atoms with Crippen LogP contribution in [0.5, 0.6) is 0 Å². The molecule has 6 nitrogen and oxygen atoms in total. The Labute approximate surface area is 172 Å². The molecule has 0 bridgehead atoms. The van der Waals surface area contributed by atoms with Crippen molar-refractivity contribution in [2.75, 3.05) is 5.32 Å². The molecule has 0 spiro atoms. The molecule has 2 heterocycles. The molecule has 1 N–H and O–H groups in total. The molecular formula is C21H23F3N5O. The first kappa shape index (κ1) is 20.4. The quantitative estimate of drug-likeness (QED) is 0.736. The fraction of sp³-hybridized carbons (Fsp3) is 0.476. The number of hydrogen-bond donors (Lipinski definition) is 1. The molecule has 1 aromatic carbocycles. The molecule has 1 aromatic heterocycles. The average Bonchev–Trinajstić information content (AvgIpc) is 3.38. The number of fused-ring (bicyclic) bond motifs is 1. The summed E-state index contributed by atoms with van der Waals surface area (Å²) < 4.78 is 40.1. The summed E-state index contributed by atoms with van der Waals surface area (Å²) in [6, 6.07) is 4.92. The van der Waals surface area contributed by atoms with E-state index < -0.39 is 17.3 Å². The Balaban J connectivity index is 1.58. The van der Waals surface area contributed by atoms with Gasteiger partial charge in [-0.05, 0) is 37.0 Å². The third-order valence-corrected chi connectivity index (χ3v) is 5.48. The van der Waals surface area contributed by atoms with Crippen LogP contribution in [0.1, 0.15) is 50.2 Å². The molecule has 159 valence electrons. The van der Waals surface area contributed by atoms with Crippen LogP contribution in [0.2, 0.25) is 0 Å². The van der Waals surface area contributed by atoms with Crippen LogP contribution in [0.25, 0.3) is 0 Å². The minimum atomic E-state index is -4.37. The van der Waals surface area contributed by atoms with Gasteiger partial charge in [0.1, 0.15) is 5.84 Å². The molecule has 9 heteroatoms. The summed E-state index contributed by atoms with van der Waals surface area (Å²) in [7, 11) is 0. The highest BCUT2D eigenvalue weighted by atomic mass is 19.4. The third-order valence-electron chi connectivity index (χ3n) is 5.48. The van der Waals surface area contributed by atoms with Gasteiger partial charge in [-0.15, -0.1) is 0 Å². The zero-order valence-corrected chi connectivity index (χ0v) is 16.7.